The fourth-order valence-electron chi connectivity index (χ4n) is 2.58. The van der Waals surface area contributed by atoms with E-state index in [0.29, 0.717) is 6.42 Å². The molecule has 0 spiro atoms. The predicted octanol–water partition coefficient (Wildman–Crippen LogP) is 1.50. The highest BCUT2D eigenvalue weighted by Crippen LogP contribution is 2.18. The van der Waals surface area contributed by atoms with Gasteiger partial charge in [-0.25, -0.2) is 0 Å². The number of hydrogen-bond donors (Lipinski definition) is 2. The first kappa shape index (κ1) is 18.5. The molecule has 1 aliphatic rings. The van der Waals surface area contributed by atoms with Crippen molar-refractivity contribution in [2.75, 3.05) is 26.2 Å². The third-order valence-electron chi connectivity index (χ3n) is 3.65. The lowest BCUT2D eigenvalue weighted by atomic mass is 10.0. The molecule has 2 amide bonds. The van der Waals surface area contributed by atoms with Gasteiger partial charge in [0.15, 0.2) is 0 Å². The Hall–Kier alpha value is -1.59. The molecule has 122 valence electrons. The monoisotopic (exact) mass is 325 g/mol. The van der Waals surface area contributed by atoms with Crippen molar-refractivity contribution >= 4 is 24.2 Å². The third kappa shape index (κ3) is 5.66. The van der Waals surface area contributed by atoms with Gasteiger partial charge >= 0.3 is 0 Å². The highest BCUT2D eigenvalue weighted by Gasteiger charge is 2.21. The maximum Gasteiger partial charge on any atom is 0.225 e. The fraction of sp³-hybridized carbons (Fsp3) is 0.500. The molecule has 0 bridgehead atoms. The smallest absolute Gasteiger partial charge is 0.225 e. The average Bonchev–Trinajstić information content (AvgIpc) is 2.76. The van der Waals surface area contributed by atoms with Crippen LogP contribution in [-0.2, 0) is 9.59 Å². The van der Waals surface area contributed by atoms with Gasteiger partial charge in [0.2, 0.25) is 11.8 Å². The lowest BCUT2D eigenvalue weighted by Crippen LogP contribution is -2.37. The summed E-state index contributed by atoms with van der Waals surface area (Å²) in [7, 11) is 0. The van der Waals surface area contributed by atoms with E-state index in [1.54, 1.807) is 0 Å². The van der Waals surface area contributed by atoms with E-state index in [9.17, 15) is 9.59 Å². The van der Waals surface area contributed by atoms with Crippen LogP contribution >= 0.6 is 12.4 Å². The first-order chi connectivity index (χ1) is 10.2. The first-order valence-electron chi connectivity index (χ1n) is 7.47. The molecule has 5 nitrogen and oxygen atoms in total. The Morgan fingerprint density at radius 2 is 1.95 bits per heavy atom. The number of halogens is 1. The van der Waals surface area contributed by atoms with Crippen molar-refractivity contribution in [3.05, 3.63) is 35.9 Å². The Morgan fingerprint density at radius 1 is 1.23 bits per heavy atom. The molecule has 1 aromatic carbocycles. The molecule has 1 aliphatic heterocycles. The minimum Gasteiger partial charge on any atom is -0.349 e. The molecule has 1 unspecified atom stereocenters. The van der Waals surface area contributed by atoms with Crippen LogP contribution in [0.1, 0.15) is 31.4 Å². The third-order valence-corrected chi connectivity index (χ3v) is 3.65. The van der Waals surface area contributed by atoms with Gasteiger partial charge in [-0.1, -0.05) is 30.3 Å². The SMILES string of the molecule is CC(=O)NC(CC(=O)N1CCCNCC1)c1ccccc1.Cl. The zero-order chi connectivity index (χ0) is 15.1. The van der Waals surface area contributed by atoms with E-state index in [0.717, 1.165) is 38.2 Å². The number of nitrogens with one attached hydrogen (secondary N) is 2. The lowest BCUT2D eigenvalue weighted by molar-refractivity contribution is -0.131. The molecule has 22 heavy (non-hydrogen) atoms. The van der Waals surface area contributed by atoms with Crippen LogP contribution < -0.4 is 10.6 Å². The second-order valence-electron chi connectivity index (χ2n) is 5.35. The average molecular weight is 326 g/mol. The van der Waals surface area contributed by atoms with E-state index in [4.69, 9.17) is 0 Å². The zero-order valence-electron chi connectivity index (χ0n) is 12.9. The maximum atomic E-state index is 12.5. The number of carbonyl (C=O) groups excluding carboxylic acids is 2. The van der Waals surface area contributed by atoms with Crippen LogP contribution in [0.25, 0.3) is 0 Å². The fourth-order valence-corrected chi connectivity index (χ4v) is 2.58. The van der Waals surface area contributed by atoms with Crippen LogP contribution in [0.3, 0.4) is 0 Å². The van der Waals surface area contributed by atoms with E-state index in [1.807, 2.05) is 35.2 Å². The number of amides is 2. The summed E-state index contributed by atoms with van der Waals surface area (Å²) in [6.07, 6.45) is 1.28. The topological polar surface area (TPSA) is 61.4 Å². The van der Waals surface area contributed by atoms with Gasteiger partial charge in [-0.3, -0.25) is 9.59 Å². The van der Waals surface area contributed by atoms with E-state index in [2.05, 4.69) is 10.6 Å². The van der Waals surface area contributed by atoms with Crippen LogP contribution in [0.4, 0.5) is 0 Å². The normalized spacial score (nSPS) is 16.1. The molecule has 1 fully saturated rings. The number of rotatable bonds is 4. The second kappa shape index (κ2) is 9.43. The maximum absolute atomic E-state index is 12.5. The Balaban J connectivity index is 0.00000242. The summed E-state index contributed by atoms with van der Waals surface area (Å²) in [4.78, 5) is 25.7. The number of carbonyl (C=O) groups is 2. The van der Waals surface area contributed by atoms with Gasteiger partial charge in [-0.2, -0.15) is 0 Å². The Labute approximate surface area is 137 Å². The summed E-state index contributed by atoms with van der Waals surface area (Å²) in [6.45, 7) is 4.80. The summed E-state index contributed by atoms with van der Waals surface area (Å²) in [5, 5.41) is 6.17. The highest BCUT2D eigenvalue weighted by atomic mass is 35.5. The van der Waals surface area contributed by atoms with Crippen LogP contribution in [0.5, 0.6) is 0 Å². The minimum atomic E-state index is -0.257. The molecule has 1 atom stereocenters. The van der Waals surface area contributed by atoms with Gasteiger partial charge in [-0.05, 0) is 18.5 Å². The van der Waals surface area contributed by atoms with Crippen LogP contribution in [0, 0.1) is 0 Å². The zero-order valence-corrected chi connectivity index (χ0v) is 13.7. The first-order valence-corrected chi connectivity index (χ1v) is 7.47. The van der Waals surface area contributed by atoms with Crippen molar-refractivity contribution < 1.29 is 9.59 Å². The molecule has 1 heterocycles. The Bertz CT molecular complexity index is 474. The molecule has 1 saturated heterocycles. The van der Waals surface area contributed by atoms with Gasteiger partial charge in [0.25, 0.3) is 0 Å². The number of hydrogen-bond acceptors (Lipinski definition) is 3. The molecule has 0 aliphatic carbocycles. The molecule has 6 heteroatoms. The van der Waals surface area contributed by atoms with Crippen molar-refractivity contribution in [1.82, 2.24) is 15.5 Å². The number of benzene rings is 1. The van der Waals surface area contributed by atoms with Crippen molar-refractivity contribution in [2.45, 2.75) is 25.8 Å². The second-order valence-corrected chi connectivity index (χ2v) is 5.35. The van der Waals surface area contributed by atoms with Gasteiger partial charge in [0.1, 0.15) is 0 Å². The van der Waals surface area contributed by atoms with Crippen LogP contribution in [0.2, 0.25) is 0 Å². The molecule has 0 saturated carbocycles. The van der Waals surface area contributed by atoms with Gasteiger partial charge in [0.05, 0.1) is 12.5 Å². The van der Waals surface area contributed by atoms with E-state index < -0.39 is 0 Å². The molecule has 2 N–H and O–H groups in total. The molecule has 0 radical (unpaired) electrons. The molecule has 1 aromatic rings. The summed E-state index contributed by atoms with van der Waals surface area (Å²) < 4.78 is 0. The van der Waals surface area contributed by atoms with Gasteiger partial charge in [0, 0.05) is 26.6 Å². The lowest BCUT2D eigenvalue weighted by Gasteiger charge is -2.24. The number of nitrogens with zero attached hydrogens (tertiary/aromatic N) is 1. The summed E-state index contributed by atoms with van der Waals surface area (Å²) in [6, 6.07) is 9.40. The largest absolute Gasteiger partial charge is 0.349 e. The van der Waals surface area contributed by atoms with Crippen LogP contribution in [-0.4, -0.2) is 42.9 Å². The van der Waals surface area contributed by atoms with Crippen molar-refractivity contribution in [1.29, 1.82) is 0 Å². The van der Waals surface area contributed by atoms with Gasteiger partial charge < -0.3 is 15.5 Å². The molecular weight excluding hydrogens is 302 g/mol. The summed E-state index contributed by atoms with van der Waals surface area (Å²) >= 11 is 0. The van der Waals surface area contributed by atoms with Crippen LogP contribution in [0.15, 0.2) is 30.3 Å². The summed E-state index contributed by atoms with van der Waals surface area (Å²) in [5.41, 5.74) is 0.967. The molecular formula is C16H24ClN3O2. The highest BCUT2D eigenvalue weighted by molar-refractivity contribution is 5.85. The quantitative estimate of drug-likeness (QED) is 0.882. The van der Waals surface area contributed by atoms with Crippen molar-refractivity contribution in [3.8, 4) is 0 Å². The van der Waals surface area contributed by atoms with E-state index in [-0.39, 0.29) is 30.3 Å². The Morgan fingerprint density at radius 3 is 2.64 bits per heavy atom. The van der Waals surface area contributed by atoms with Gasteiger partial charge in [-0.15, -0.1) is 12.4 Å². The molecule has 0 aromatic heterocycles. The summed E-state index contributed by atoms with van der Waals surface area (Å²) in [5.74, 6) is -0.0181. The van der Waals surface area contributed by atoms with Crippen molar-refractivity contribution in [2.24, 2.45) is 0 Å². The predicted molar refractivity (Wildman–Crippen MR) is 88.9 cm³/mol. The minimum absolute atomic E-state index is 0. The Kier molecular flexibility index (Phi) is 7.91. The van der Waals surface area contributed by atoms with E-state index >= 15 is 0 Å². The van der Waals surface area contributed by atoms with Crippen molar-refractivity contribution in [3.63, 3.8) is 0 Å². The molecule has 2 rings (SSSR count). The van der Waals surface area contributed by atoms with E-state index in [1.165, 1.54) is 6.92 Å². The standard InChI is InChI=1S/C16H23N3O2.ClH/c1-13(20)18-15(14-6-3-2-4-7-14)12-16(21)19-10-5-8-17-9-11-19;/h2-4,6-7,15,17H,5,8-12H2,1H3,(H,18,20);1H.